The Morgan fingerprint density at radius 3 is 2.67 bits per heavy atom. The third-order valence-electron chi connectivity index (χ3n) is 3.67. The maximum Gasteiger partial charge on any atom is 0.338 e. The predicted octanol–water partition coefficient (Wildman–Crippen LogP) is 3.17. The van der Waals surface area contributed by atoms with E-state index in [4.69, 9.17) is 31.1 Å². The molecule has 0 aliphatic carbocycles. The van der Waals surface area contributed by atoms with Crippen LogP contribution in [0.1, 0.15) is 22.3 Å². The largest absolute Gasteiger partial charge is 0.489 e. The van der Waals surface area contributed by atoms with E-state index in [0.29, 0.717) is 42.4 Å². The number of halogens is 1. The van der Waals surface area contributed by atoms with Crippen LogP contribution in [0.3, 0.4) is 0 Å². The molecule has 0 radical (unpaired) electrons. The van der Waals surface area contributed by atoms with Crippen molar-refractivity contribution < 1.29 is 23.8 Å². The quantitative estimate of drug-likeness (QED) is 0.810. The van der Waals surface area contributed by atoms with Crippen LogP contribution in [0.2, 0.25) is 5.02 Å². The van der Waals surface area contributed by atoms with Gasteiger partial charge in [0, 0.05) is 12.1 Å². The van der Waals surface area contributed by atoms with Gasteiger partial charge in [0.15, 0.2) is 18.1 Å². The van der Waals surface area contributed by atoms with Gasteiger partial charge in [-0.2, -0.15) is 5.26 Å². The third-order valence-corrected chi connectivity index (χ3v) is 3.95. The normalized spacial score (nSPS) is 12.4. The van der Waals surface area contributed by atoms with Gasteiger partial charge in [0.25, 0.3) is 5.91 Å². The third kappa shape index (κ3) is 4.68. The smallest absolute Gasteiger partial charge is 0.338 e. The Morgan fingerprint density at radius 2 is 1.93 bits per heavy atom. The van der Waals surface area contributed by atoms with Gasteiger partial charge in [0.05, 0.1) is 35.4 Å². The first kappa shape index (κ1) is 18.5. The monoisotopic (exact) mass is 386 g/mol. The van der Waals surface area contributed by atoms with Crippen molar-refractivity contribution in [2.45, 2.75) is 6.42 Å². The van der Waals surface area contributed by atoms with Gasteiger partial charge >= 0.3 is 5.97 Å². The summed E-state index contributed by atoms with van der Waals surface area (Å²) in [7, 11) is 0. The predicted molar refractivity (Wildman–Crippen MR) is 97.1 cm³/mol. The van der Waals surface area contributed by atoms with Crippen molar-refractivity contribution in [3.8, 4) is 17.6 Å². The van der Waals surface area contributed by atoms with E-state index >= 15 is 0 Å². The van der Waals surface area contributed by atoms with Gasteiger partial charge in [0.1, 0.15) is 0 Å². The highest BCUT2D eigenvalue weighted by molar-refractivity contribution is 6.32. The van der Waals surface area contributed by atoms with Gasteiger partial charge in [-0.3, -0.25) is 4.79 Å². The second-order valence-corrected chi connectivity index (χ2v) is 6.06. The highest BCUT2D eigenvalue weighted by Crippen LogP contribution is 2.38. The Hall–Kier alpha value is -3.24. The summed E-state index contributed by atoms with van der Waals surface area (Å²) in [6.45, 7) is 0.464. The number of ether oxygens (including phenoxy) is 3. The van der Waals surface area contributed by atoms with Crippen LogP contribution < -0.4 is 14.8 Å². The van der Waals surface area contributed by atoms with Crippen LogP contribution in [0, 0.1) is 11.3 Å². The summed E-state index contributed by atoms with van der Waals surface area (Å²) < 4.78 is 16.1. The number of rotatable bonds is 4. The average molecular weight is 387 g/mol. The van der Waals surface area contributed by atoms with Crippen molar-refractivity contribution in [2.24, 2.45) is 0 Å². The second-order valence-electron chi connectivity index (χ2n) is 5.65. The minimum Gasteiger partial charge on any atom is -0.489 e. The number of carbonyl (C=O) groups excluding carboxylic acids is 2. The standard InChI is InChI=1S/C19H15ClN2O5/c20-15-8-13(9-16-18(15)26-7-1-6-25-16)19(24)27-11-17(23)22-14-4-2-12(10-21)3-5-14/h2-5,8-9H,1,6-7,11H2,(H,22,23). The lowest BCUT2D eigenvalue weighted by molar-refractivity contribution is -0.119. The van der Waals surface area contributed by atoms with E-state index in [0.717, 1.165) is 0 Å². The zero-order valence-corrected chi connectivity index (χ0v) is 14.9. The van der Waals surface area contributed by atoms with Gasteiger partial charge in [0.2, 0.25) is 0 Å². The van der Waals surface area contributed by atoms with Gasteiger partial charge < -0.3 is 19.5 Å². The van der Waals surface area contributed by atoms with E-state index in [-0.39, 0.29) is 10.6 Å². The molecule has 1 amide bonds. The van der Waals surface area contributed by atoms with Gasteiger partial charge in [-0.05, 0) is 36.4 Å². The highest BCUT2D eigenvalue weighted by atomic mass is 35.5. The fraction of sp³-hybridized carbons (Fsp3) is 0.211. The molecule has 0 spiro atoms. The molecule has 0 saturated heterocycles. The first-order valence-electron chi connectivity index (χ1n) is 8.13. The molecule has 0 unspecified atom stereocenters. The minimum atomic E-state index is -0.706. The van der Waals surface area contributed by atoms with E-state index in [1.54, 1.807) is 24.3 Å². The maximum atomic E-state index is 12.2. The maximum absolute atomic E-state index is 12.2. The van der Waals surface area contributed by atoms with Crippen LogP contribution >= 0.6 is 11.6 Å². The summed E-state index contributed by atoms with van der Waals surface area (Å²) in [6, 6.07) is 11.2. The molecule has 0 fully saturated rings. The zero-order chi connectivity index (χ0) is 19.2. The summed E-state index contributed by atoms with van der Waals surface area (Å²) in [4.78, 5) is 24.1. The van der Waals surface area contributed by atoms with Crippen molar-refractivity contribution >= 4 is 29.2 Å². The zero-order valence-electron chi connectivity index (χ0n) is 14.2. The molecule has 1 aliphatic rings. The Balaban J connectivity index is 1.60. The van der Waals surface area contributed by atoms with Crippen LogP contribution in [-0.4, -0.2) is 31.7 Å². The Kier molecular flexibility index (Phi) is 5.79. The number of benzene rings is 2. The summed E-state index contributed by atoms with van der Waals surface area (Å²) in [6.07, 6.45) is 0.709. The molecule has 0 saturated carbocycles. The van der Waals surface area contributed by atoms with Crippen LogP contribution in [-0.2, 0) is 9.53 Å². The van der Waals surface area contributed by atoms with Crippen molar-refractivity contribution in [1.29, 1.82) is 5.26 Å². The number of hydrogen-bond donors (Lipinski definition) is 1. The van der Waals surface area contributed by atoms with Gasteiger partial charge in [-0.1, -0.05) is 11.6 Å². The molecule has 0 bridgehead atoms. The molecular weight excluding hydrogens is 372 g/mol. The fourth-order valence-electron chi connectivity index (χ4n) is 2.39. The SMILES string of the molecule is N#Cc1ccc(NC(=O)COC(=O)c2cc(Cl)c3c(c2)OCCCO3)cc1. The Labute approximate surface area is 160 Å². The highest BCUT2D eigenvalue weighted by Gasteiger charge is 2.19. The second kappa shape index (κ2) is 8.43. The summed E-state index contributed by atoms with van der Waals surface area (Å²) in [5, 5.41) is 11.6. The summed E-state index contributed by atoms with van der Waals surface area (Å²) in [5.41, 5.74) is 1.13. The first-order chi connectivity index (χ1) is 13.1. The number of amides is 1. The molecule has 2 aromatic rings. The van der Waals surface area contributed by atoms with Crippen molar-refractivity contribution in [2.75, 3.05) is 25.1 Å². The van der Waals surface area contributed by atoms with E-state index in [1.165, 1.54) is 12.1 Å². The van der Waals surface area contributed by atoms with Crippen molar-refractivity contribution in [1.82, 2.24) is 0 Å². The van der Waals surface area contributed by atoms with E-state index in [1.807, 2.05) is 6.07 Å². The number of hydrogen-bond acceptors (Lipinski definition) is 6. The van der Waals surface area contributed by atoms with Crippen molar-refractivity contribution in [3.63, 3.8) is 0 Å². The first-order valence-corrected chi connectivity index (χ1v) is 8.51. The van der Waals surface area contributed by atoms with E-state index in [9.17, 15) is 9.59 Å². The van der Waals surface area contributed by atoms with Gasteiger partial charge in [-0.15, -0.1) is 0 Å². The number of nitrogens with one attached hydrogen (secondary N) is 1. The van der Waals surface area contributed by atoms with Crippen LogP contribution in [0.5, 0.6) is 11.5 Å². The molecule has 138 valence electrons. The number of esters is 1. The number of anilines is 1. The molecular formula is C19H15ClN2O5. The minimum absolute atomic E-state index is 0.162. The summed E-state index contributed by atoms with van der Waals surface area (Å²) in [5.74, 6) is -0.450. The molecule has 2 aromatic carbocycles. The molecule has 0 aromatic heterocycles. The van der Waals surface area contributed by atoms with Crippen molar-refractivity contribution in [3.05, 3.63) is 52.5 Å². The molecule has 8 heteroatoms. The van der Waals surface area contributed by atoms with Crippen LogP contribution in [0.15, 0.2) is 36.4 Å². The lowest BCUT2D eigenvalue weighted by atomic mass is 10.2. The Morgan fingerprint density at radius 1 is 1.19 bits per heavy atom. The summed E-state index contributed by atoms with van der Waals surface area (Å²) >= 11 is 6.14. The lowest BCUT2D eigenvalue weighted by Crippen LogP contribution is -2.21. The molecule has 1 aliphatic heterocycles. The fourth-order valence-corrected chi connectivity index (χ4v) is 2.65. The molecule has 1 heterocycles. The molecule has 7 nitrogen and oxygen atoms in total. The molecule has 0 atom stereocenters. The topological polar surface area (TPSA) is 97.7 Å². The van der Waals surface area contributed by atoms with E-state index in [2.05, 4.69) is 5.32 Å². The Bertz CT molecular complexity index is 906. The van der Waals surface area contributed by atoms with Gasteiger partial charge in [-0.25, -0.2) is 4.79 Å². The number of carbonyl (C=O) groups is 2. The van der Waals surface area contributed by atoms with Crippen LogP contribution in [0.4, 0.5) is 5.69 Å². The molecule has 27 heavy (non-hydrogen) atoms. The average Bonchev–Trinajstić information content (AvgIpc) is 2.92. The number of fused-ring (bicyclic) bond motifs is 1. The van der Waals surface area contributed by atoms with E-state index < -0.39 is 18.5 Å². The molecule has 3 rings (SSSR count). The van der Waals surface area contributed by atoms with Crippen LogP contribution in [0.25, 0.3) is 0 Å². The number of nitrogens with zero attached hydrogens (tertiary/aromatic N) is 1. The number of nitriles is 1. The lowest BCUT2D eigenvalue weighted by Gasteiger charge is -2.11. The molecule has 1 N–H and O–H groups in total.